The van der Waals surface area contributed by atoms with E-state index >= 15 is 0 Å². The van der Waals surface area contributed by atoms with E-state index in [1.165, 1.54) is 12.1 Å². The Hall–Kier alpha value is -2.04. The number of non-ortho nitro benzene ring substituents is 1. The van der Waals surface area contributed by atoms with Crippen LogP contribution in [0.1, 0.15) is 17.2 Å². The van der Waals surface area contributed by atoms with E-state index in [-0.39, 0.29) is 33.9 Å². The lowest BCUT2D eigenvalue weighted by molar-refractivity contribution is -0.385. The van der Waals surface area contributed by atoms with E-state index in [2.05, 4.69) is 20.7 Å². The summed E-state index contributed by atoms with van der Waals surface area (Å²) >= 11 is 3.00. The molecule has 6 nitrogen and oxygen atoms in total. The number of phenolic OH excluding ortho intramolecular Hbond substituents is 1. The first kappa shape index (κ1) is 21.0. The largest absolute Gasteiger partial charge is 0.573 e. The molecule has 0 aromatic heterocycles. The minimum atomic E-state index is -4.81. The van der Waals surface area contributed by atoms with Crippen molar-refractivity contribution in [3.05, 3.63) is 62.1 Å². The molecular weight excluding hydrogens is 433 g/mol. The SMILES string of the molecule is Cl.N[C@@H](c1ccc(OC(F)(F)F)cc1)c1cc([N+](=O)[O-])cc(Br)c1O. The highest BCUT2D eigenvalue weighted by Crippen LogP contribution is 2.37. The van der Waals surface area contributed by atoms with E-state index in [9.17, 15) is 28.4 Å². The lowest BCUT2D eigenvalue weighted by Crippen LogP contribution is -2.17. The summed E-state index contributed by atoms with van der Waals surface area (Å²) in [6.45, 7) is 0. The van der Waals surface area contributed by atoms with Gasteiger partial charge < -0.3 is 15.6 Å². The van der Waals surface area contributed by atoms with Crippen LogP contribution in [-0.4, -0.2) is 16.4 Å². The quantitative estimate of drug-likeness (QED) is 0.538. The van der Waals surface area contributed by atoms with Gasteiger partial charge in [-0.3, -0.25) is 10.1 Å². The zero-order chi connectivity index (χ0) is 18.1. The molecule has 25 heavy (non-hydrogen) atoms. The maximum atomic E-state index is 12.1. The number of phenols is 1. The number of alkyl halides is 3. The average molecular weight is 444 g/mol. The molecule has 0 heterocycles. The second-order valence-corrected chi connectivity index (χ2v) is 5.57. The van der Waals surface area contributed by atoms with Gasteiger partial charge in [0, 0.05) is 17.7 Å². The highest BCUT2D eigenvalue weighted by molar-refractivity contribution is 9.10. The molecule has 0 aliphatic carbocycles. The molecule has 11 heteroatoms. The monoisotopic (exact) mass is 442 g/mol. The molecule has 0 saturated carbocycles. The number of nitrogens with zero attached hydrogens (tertiary/aromatic N) is 1. The van der Waals surface area contributed by atoms with Gasteiger partial charge in [0.05, 0.1) is 15.4 Å². The van der Waals surface area contributed by atoms with Gasteiger partial charge in [-0.2, -0.15) is 0 Å². The molecule has 0 bridgehead atoms. The molecule has 136 valence electrons. The molecule has 2 aromatic carbocycles. The summed E-state index contributed by atoms with van der Waals surface area (Å²) in [6, 6.07) is 5.91. The first-order chi connectivity index (χ1) is 11.1. The molecule has 1 atom stereocenters. The normalized spacial score (nSPS) is 12.2. The third-order valence-corrected chi connectivity index (χ3v) is 3.70. The number of nitrogens with two attached hydrogens (primary N) is 1. The predicted molar refractivity (Wildman–Crippen MR) is 88.9 cm³/mol. The summed E-state index contributed by atoms with van der Waals surface area (Å²) in [5.74, 6) is -0.716. The van der Waals surface area contributed by atoms with Crippen LogP contribution in [0.3, 0.4) is 0 Å². The highest BCUT2D eigenvalue weighted by Gasteiger charge is 2.31. The molecule has 0 radical (unpaired) electrons. The van der Waals surface area contributed by atoms with Crippen LogP contribution < -0.4 is 10.5 Å². The van der Waals surface area contributed by atoms with Crippen LogP contribution in [0.2, 0.25) is 0 Å². The Balaban J connectivity index is 0.00000312. The molecule has 0 spiro atoms. The lowest BCUT2D eigenvalue weighted by atomic mass is 9.98. The fourth-order valence-electron chi connectivity index (χ4n) is 2.00. The summed E-state index contributed by atoms with van der Waals surface area (Å²) in [6.07, 6.45) is -4.81. The van der Waals surface area contributed by atoms with Crippen molar-refractivity contribution in [3.8, 4) is 11.5 Å². The lowest BCUT2D eigenvalue weighted by Gasteiger charge is -2.16. The standard InChI is InChI=1S/C14H10BrF3N2O4.ClH/c15-11-6-8(20(22)23)5-10(13(11)21)12(19)7-1-3-9(4-2-7)24-14(16,17)18;/h1-6,12,21H,19H2;1H/t12-;/m0./s1. The topological polar surface area (TPSA) is 98.6 Å². The third kappa shape index (κ3) is 5.21. The second kappa shape index (κ2) is 7.89. The molecule has 0 aliphatic rings. The summed E-state index contributed by atoms with van der Waals surface area (Å²) in [7, 11) is 0. The van der Waals surface area contributed by atoms with Crippen molar-refractivity contribution in [2.75, 3.05) is 0 Å². The molecule has 3 N–H and O–H groups in total. The number of ether oxygens (including phenoxy) is 1. The molecule has 2 rings (SSSR count). The summed E-state index contributed by atoms with van der Waals surface area (Å²) in [5, 5.41) is 20.9. The van der Waals surface area contributed by atoms with Crippen molar-refractivity contribution in [3.63, 3.8) is 0 Å². The molecule has 2 aromatic rings. The van der Waals surface area contributed by atoms with Gasteiger partial charge in [0.15, 0.2) is 0 Å². The molecule has 0 aliphatic heterocycles. The molecular formula is C14H11BrClF3N2O4. The van der Waals surface area contributed by atoms with Gasteiger partial charge in [-0.25, -0.2) is 0 Å². The van der Waals surface area contributed by atoms with E-state index < -0.39 is 23.1 Å². The van der Waals surface area contributed by atoms with Gasteiger partial charge >= 0.3 is 6.36 Å². The van der Waals surface area contributed by atoms with Crippen LogP contribution in [0.4, 0.5) is 18.9 Å². The number of benzene rings is 2. The fraction of sp³-hybridized carbons (Fsp3) is 0.143. The summed E-state index contributed by atoms with van der Waals surface area (Å²) in [4.78, 5) is 10.2. The van der Waals surface area contributed by atoms with Gasteiger partial charge in [-0.1, -0.05) is 12.1 Å². The smallest absolute Gasteiger partial charge is 0.506 e. The van der Waals surface area contributed by atoms with E-state index in [0.29, 0.717) is 5.56 Å². The Labute approximate surface area is 154 Å². The predicted octanol–water partition coefficient (Wildman–Crippen LogP) is 4.43. The molecule has 0 amide bonds. The minimum Gasteiger partial charge on any atom is -0.506 e. The van der Waals surface area contributed by atoms with Gasteiger partial charge in [-0.05, 0) is 33.6 Å². The van der Waals surface area contributed by atoms with Crippen LogP contribution in [0, 0.1) is 10.1 Å². The Bertz CT molecular complexity index is 772. The van der Waals surface area contributed by atoms with Gasteiger partial charge in [0.1, 0.15) is 11.5 Å². The number of hydrogen-bond donors (Lipinski definition) is 2. The number of nitro groups is 1. The zero-order valence-electron chi connectivity index (χ0n) is 12.2. The highest BCUT2D eigenvalue weighted by atomic mass is 79.9. The molecule has 0 fully saturated rings. The Morgan fingerprint density at radius 3 is 2.28 bits per heavy atom. The van der Waals surface area contributed by atoms with Crippen molar-refractivity contribution in [2.24, 2.45) is 5.73 Å². The van der Waals surface area contributed by atoms with E-state index in [4.69, 9.17) is 5.73 Å². The number of rotatable bonds is 4. The average Bonchev–Trinajstić information content (AvgIpc) is 2.48. The van der Waals surface area contributed by atoms with Gasteiger partial charge in [-0.15, -0.1) is 25.6 Å². The zero-order valence-corrected chi connectivity index (χ0v) is 14.6. The van der Waals surface area contributed by atoms with Crippen LogP contribution in [0.15, 0.2) is 40.9 Å². The maximum absolute atomic E-state index is 12.1. The fourth-order valence-corrected chi connectivity index (χ4v) is 2.47. The number of halogens is 5. The van der Waals surface area contributed by atoms with Gasteiger partial charge in [0.2, 0.25) is 0 Å². The van der Waals surface area contributed by atoms with Crippen LogP contribution >= 0.6 is 28.3 Å². The first-order valence-electron chi connectivity index (χ1n) is 6.36. The minimum absolute atomic E-state index is 0. The third-order valence-electron chi connectivity index (χ3n) is 3.10. The summed E-state index contributed by atoms with van der Waals surface area (Å²) in [5.41, 5.74) is 6.07. The van der Waals surface area contributed by atoms with E-state index in [0.717, 1.165) is 24.3 Å². The molecule has 0 saturated heterocycles. The van der Waals surface area contributed by atoms with Crippen LogP contribution in [-0.2, 0) is 0 Å². The van der Waals surface area contributed by atoms with E-state index in [1.54, 1.807) is 0 Å². The van der Waals surface area contributed by atoms with Crippen LogP contribution in [0.5, 0.6) is 11.5 Å². The first-order valence-corrected chi connectivity index (χ1v) is 7.16. The number of aromatic hydroxyl groups is 1. The maximum Gasteiger partial charge on any atom is 0.573 e. The van der Waals surface area contributed by atoms with E-state index in [1.807, 2.05) is 0 Å². The Morgan fingerprint density at radius 2 is 1.80 bits per heavy atom. The Kier molecular flexibility index (Phi) is 6.63. The van der Waals surface area contributed by atoms with Crippen molar-refractivity contribution in [1.82, 2.24) is 0 Å². The Morgan fingerprint density at radius 1 is 1.24 bits per heavy atom. The van der Waals surface area contributed by atoms with Gasteiger partial charge in [0.25, 0.3) is 5.69 Å². The number of hydrogen-bond acceptors (Lipinski definition) is 5. The van der Waals surface area contributed by atoms with Crippen LogP contribution in [0.25, 0.3) is 0 Å². The van der Waals surface area contributed by atoms with Crippen molar-refractivity contribution < 1.29 is 27.9 Å². The van der Waals surface area contributed by atoms with Crippen molar-refractivity contribution >= 4 is 34.0 Å². The number of nitro benzene ring substituents is 1. The molecule has 0 unspecified atom stereocenters. The summed E-state index contributed by atoms with van der Waals surface area (Å²) < 4.78 is 40.2. The van der Waals surface area contributed by atoms with Crippen molar-refractivity contribution in [1.29, 1.82) is 0 Å². The second-order valence-electron chi connectivity index (χ2n) is 4.72. The van der Waals surface area contributed by atoms with Crippen molar-refractivity contribution in [2.45, 2.75) is 12.4 Å².